The van der Waals surface area contributed by atoms with E-state index in [1.165, 1.54) is 0 Å². The third-order valence-corrected chi connectivity index (χ3v) is 2.87. The van der Waals surface area contributed by atoms with Crippen molar-refractivity contribution in [2.45, 2.75) is 5.38 Å². The number of rotatable bonds is 2. The molecule has 13 heavy (non-hydrogen) atoms. The summed E-state index contributed by atoms with van der Waals surface area (Å²) in [6, 6.07) is 0. The number of hydrogen-bond donors (Lipinski definition) is 0. The van der Waals surface area contributed by atoms with Crippen molar-refractivity contribution in [1.82, 2.24) is 0 Å². The number of allylic oxidation sites excluding steroid dienone is 8. The van der Waals surface area contributed by atoms with Gasteiger partial charge in [0.1, 0.15) is 0 Å². The molecule has 0 heterocycles. The first-order chi connectivity index (χ1) is 5.88. The van der Waals surface area contributed by atoms with E-state index in [1.807, 2.05) is 0 Å². The Bertz CT molecular complexity index is 224. The van der Waals surface area contributed by atoms with E-state index in [0.29, 0.717) is 11.8 Å². The SMILES string of the molecule is ClC(C1C=CC=C1)C1C=CC=C1.[Nb]. The van der Waals surface area contributed by atoms with Crippen LogP contribution in [0.25, 0.3) is 0 Å². The van der Waals surface area contributed by atoms with Crippen molar-refractivity contribution in [1.29, 1.82) is 0 Å². The van der Waals surface area contributed by atoms with Crippen molar-refractivity contribution in [2.24, 2.45) is 11.8 Å². The molecule has 0 fully saturated rings. The van der Waals surface area contributed by atoms with Gasteiger partial charge in [-0.2, -0.15) is 0 Å². The fourth-order valence-corrected chi connectivity index (χ4v) is 1.92. The van der Waals surface area contributed by atoms with Crippen LogP contribution >= 0.6 is 11.6 Å². The Morgan fingerprint density at radius 3 is 1.38 bits per heavy atom. The second kappa shape index (κ2) is 5.02. The van der Waals surface area contributed by atoms with E-state index in [0.717, 1.165) is 0 Å². The van der Waals surface area contributed by atoms with E-state index < -0.39 is 0 Å². The molecule has 2 aliphatic carbocycles. The molecule has 0 atom stereocenters. The van der Waals surface area contributed by atoms with E-state index in [-0.39, 0.29) is 27.8 Å². The van der Waals surface area contributed by atoms with Gasteiger partial charge in [-0.15, -0.1) is 11.6 Å². The van der Waals surface area contributed by atoms with Gasteiger partial charge >= 0.3 is 0 Å². The summed E-state index contributed by atoms with van der Waals surface area (Å²) in [4.78, 5) is 0. The van der Waals surface area contributed by atoms with Crippen molar-refractivity contribution in [3.8, 4) is 0 Å². The Hall–Kier alpha value is -0.00974. The Morgan fingerprint density at radius 2 is 1.08 bits per heavy atom. The van der Waals surface area contributed by atoms with Gasteiger partial charge < -0.3 is 0 Å². The normalized spacial score (nSPS) is 20.5. The maximum Gasteiger partial charge on any atom is 0.0530 e. The van der Waals surface area contributed by atoms with Crippen molar-refractivity contribution in [2.75, 3.05) is 0 Å². The second-order valence-corrected chi connectivity index (χ2v) is 3.64. The van der Waals surface area contributed by atoms with Gasteiger partial charge in [0.15, 0.2) is 0 Å². The monoisotopic (exact) mass is 271 g/mol. The molecule has 0 saturated carbocycles. The van der Waals surface area contributed by atoms with Crippen LogP contribution in [-0.4, -0.2) is 5.38 Å². The molecular formula is C11H11ClNb. The number of halogens is 1. The summed E-state index contributed by atoms with van der Waals surface area (Å²) < 4.78 is 0. The van der Waals surface area contributed by atoms with Crippen LogP contribution in [0.2, 0.25) is 0 Å². The van der Waals surface area contributed by atoms with Crippen LogP contribution in [0.4, 0.5) is 0 Å². The van der Waals surface area contributed by atoms with Gasteiger partial charge in [0.2, 0.25) is 0 Å². The molecule has 0 bridgehead atoms. The van der Waals surface area contributed by atoms with Crippen LogP contribution in [0.1, 0.15) is 0 Å². The molecule has 2 heteroatoms. The van der Waals surface area contributed by atoms with Crippen LogP contribution in [0.5, 0.6) is 0 Å². The summed E-state index contributed by atoms with van der Waals surface area (Å²) >= 11 is 6.29. The third kappa shape index (κ3) is 2.47. The fourth-order valence-electron chi connectivity index (χ4n) is 1.58. The molecule has 2 rings (SSSR count). The van der Waals surface area contributed by atoms with Crippen LogP contribution in [0.3, 0.4) is 0 Å². The molecule has 0 aliphatic heterocycles. The van der Waals surface area contributed by atoms with Crippen LogP contribution in [0.15, 0.2) is 48.6 Å². The number of hydrogen-bond acceptors (Lipinski definition) is 0. The maximum absolute atomic E-state index is 6.29. The molecule has 0 N–H and O–H groups in total. The van der Waals surface area contributed by atoms with Gasteiger partial charge in [0.25, 0.3) is 0 Å². The van der Waals surface area contributed by atoms with E-state index in [9.17, 15) is 0 Å². The molecule has 0 aromatic heterocycles. The van der Waals surface area contributed by atoms with E-state index >= 15 is 0 Å². The van der Waals surface area contributed by atoms with Gasteiger partial charge in [0, 0.05) is 34.2 Å². The van der Waals surface area contributed by atoms with Crippen LogP contribution in [0, 0.1) is 11.8 Å². The molecule has 1 radical (unpaired) electrons. The quantitative estimate of drug-likeness (QED) is 0.535. The minimum atomic E-state index is 0. The third-order valence-electron chi connectivity index (χ3n) is 2.29. The van der Waals surface area contributed by atoms with E-state index in [2.05, 4.69) is 48.6 Å². The van der Waals surface area contributed by atoms with Crippen molar-refractivity contribution >= 4 is 11.6 Å². The summed E-state index contributed by atoms with van der Waals surface area (Å²) in [6.07, 6.45) is 16.8. The van der Waals surface area contributed by atoms with Gasteiger partial charge in [-0.3, -0.25) is 0 Å². The van der Waals surface area contributed by atoms with Crippen LogP contribution in [-0.2, 0) is 22.4 Å². The first-order valence-electron chi connectivity index (χ1n) is 4.22. The summed E-state index contributed by atoms with van der Waals surface area (Å²) in [5.74, 6) is 0.813. The molecule has 0 spiro atoms. The predicted molar refractivity (Wildman–Crippen MR) is 53.2 cm³/mol. The molecule has 2 aliphatic rings. The summed E-state index contributed by atoms with van der Waals surface area (Å²) in [6.45, 7) is 0. The smallest absolute Gasteiger partial charge is 0.0530 e. The Kier molecular flexibility index (Phi) is 4.27. The average molecular weight is 272 g/mol. The fraction of sp³-hybridized carbons (Fsp3) is 0.273. The molecule has 0 amide bonds. The van der Waals surface area contributed by atoms with Gasteiger partial charge in [0.05, 0.1) is 5.38 Å². The maximum atomic E-state index is 6.29. The zero-order chi connectivity index (χ0) is 8.39. The van der Waals surface area contributed by atoms with Gasteiger partial charge in [-0.05, 0) is 0 Å². The molecule has 0 saturated heterocycles. The van der Waals surface area contributed by atoms with Crippen LogP contribution < -0.4 is 0 Å². The standard InChI is InChI=1S/C11H11Cl.Nb/c12-11(9-5-1-2-6-9)10-7-3-4-8-10;/h1-11H;. The Labute approximate surface area is 99.6 Å². The van der Waals surface area contributed by atoms with E-state index in [4.69, 9.17) is 11.6 Å². The molecule has 67 valence electrons. The van der Waals surface area contributed by atoms with Crippen molar-refractivity contribution in [3.05, 3.63) is 48.6 Å². The first kappa shape index (κ1) is 11.1. The summed E-state index contributed by atoms with van der Waals surface area (Å²) in [7, 11) is 0. The Balaban J connectivity index is 0.000000845. The largest absolute Gasteiger partial charge is 0.121 e. The summed E-state index contributed by atoms with van der Waals surface area (Å²) in [5.41, 5.74) is 0. The molecule has 0 aromatic carbocycles. The molecule has 0 aromatic rings. The molecule has 0 nitrogen and oxygen atoms in total. The first-order valence-corrected chi connectivity index (χ1v) is 4.65. The molecular weight excluding hydrogens is 260 g/mol. The average Bonchev–Trinajstić information content (AvgIpc) is 2.77. The zero-order valence-corrected chi connectivity index (χ0v) is 10.1. The second-order valence-electron chi connectivity index (χ2n) is 3.14. The topological polar surface area (TPSA) is 0 Å². The van der Waals surface area contributed by atoms with Gasteiger partial charge in [-0.25, -0.2) is 0 Å². The summed E-state index contributed by atoms with van der Waals surface area (Å²) in [5, 5.41) is 0.176. The zero-order valence-electron chi connectivity index (χ0n) is 7.18. The van der Waals surface area contributed by atoms with E-state index in [1.54, 1.807) is 0 Å². The Morgan fingerprint density at radius 1 is 0.769 bits per heavy atom. The minimum absolute atomic E-state index is 0. The number of alkyl halides is 1. The molecule has 0 unspecified atom stereocenters. The van der Waals surface area contributed by atoms with Crippen molar-refractivity contribution in [3.63, 3.8) is 0 Å². The van der Waals surface area contributed by atoms with Gasteiger partial charge in [-0.1, -0.05) is 48.6 Å². The van der Waals surface area contributed by atoms with Crippen molar-refractivity contribution < 1.29 is 22.4 Å². The predicted octanol–water partition coefficient (Wildman–Crippen LogP) is 3.08. The minimum Gasteiger partial charge on any atom is -0.121 e.